The molecule has 1 fully saturated rings. The van der Waals surface area contributed by atoms with E-state index in [1.54, 1.807) is 12.3 Å². The Morgan fingerprint density at radius 2 is 2.30 bits per heavy atom. The molecule has 1 aromatic carbocycles. The highest BCUT2D eigenvalue weighted by Crippen LogP contribution is 2.30. The maximum Gasteiger partial charge on any atom is 0.143 e. The number of rotatable bonds is 3. The zero-order chi connectivity index (χ0) is 13.9. The second-order valence-electron chi connectivity index (χ2n) is 4.96. The fourth-order valence-corrected chi connectivity index (χ4v) is 2.83. The van der Waals surface area contributed by atoms with E-state index in [1.807, 2.05) is 29.1 Å². The fourth-order valence-electron chi connectivity index (χ4n) is 2.83. The monoisotopic (exact) mass is 270 g/mol. The van der Waals surface area contributed by atoms with Crippen LogP contribution >= 0.6 is 0 Å². The Balaban J connectivity index is 1.89. The van der Waals surface area contributed by atoms with Gasteiger partial charge < -0.3 is 4.90 Å². The van der Waals surface area contributed by atoms with Crippen LogP contribution in [0.5, 0.6) is 0 Å². The molecule has 1 saturated heterocycles. The van der Waals surface area contributed by atoms with E-state index in [0.717, 1.165) is 25.9 Å². The molecule has 1 aliphatic rings. The summed E-state index contributed by atoms with van der Waals surface area (Å²) in [6, 6.07) is 8.94. The van der Waals surface area contributed by atoms with Gasteiger partial charge in [-0.25, -0.2) is 4.39 Å². The number of benzene rings is 1. The third-order valence-corrected chi connectivity index (χ3v) is 3.75. The van der Waals surface area contributed by atoms with Crippen molar-refractivity contribution in [1.82, 2.24) is 9.78 Å². The second-order valence-corrected chi connectivity index (χ2v) is 4.96. The molecule has 1 aromatic heterocycles. The molecule has 2 heterocycles. The van der Waals surface area contributed by atoms with Crippen LogP contribution in [-0.2, 0) is 6.54 Å². The number of hydrogen-bond donors (Lipinski definition) is 0. The molecule has 20 heavy (non-hydrogen) atoms. The van der Waals surface area contributed by atoms with Crippen molar-refractivity contribution in [2.45, 2.75) is 25.4 Å². The van der Waals surface area contributed by atoms with Crippen molar-refractivity contribution in [3.63, 3.8) is 0 Å². The zero-order valence-electron chi connectivity index (χ0n) is 11.0. The van der Waals surface area contributed by atoms with Crippen molar-refractivity contribution >= 4 is 5.69 Å². The van der Waals surface area contributed by atoms with Gasteiger partial charge in [0.15, 0.2) is 0 Å². The molecule has 1 atom stereocenters. The lowest BCUT2D eigenvalue weighted by Gasteiger charge is -2.27. The predicted octanol–water partition coefficient (Wildman–Crippen LogP) is 2.56. The molecule has 0 amide bonds. The van der Waals surface area contributed by atoms with Crippen molar-refractivity contribution in [2.75, 3.05) is 11.4 Å². The highest BCUT2D eigenvalue weighted by molar-refractivity contribution is 5.61. The van der Waals surface area contributed by atoms with Gasteiger partial charge in [0.25, 0.3) is 0 Å². The van der Waals surface area contributed by atoms with Crippen LogP contribution in [0.25, 0.3) is 0 Å². The maximum atomic E-state index is 13.7. The largest absolute Gasteiger partial charge is 0.366 e. The van der Waals surface area contributed by atoms with Gasteiger partial charge in [0, 0.05) is 25.0 Å². The second kappa shape index (κ2) is 5.33. The normalized spacial score (nSPS) is 18.2. The van der Waals surface area contributed by atoms with Crippen LogP contribution in [0.15, 0.2) is 36.7 Å². The lowest BCUT2D eigenvalue weighted by Crippen LogP contribution is -2.33. The number of aromatic nitrogens is 2. The molecule has 0 radical (unpaired) electrons. The van der Waals surface area contributed by atoms with Gasteiger partial charge in [-0.05, 0) is 31.0 Å². The minimum atomic E-state index is -0.449. The lowest BCUT2D eigenvalue weighted by atomic mass is 10.1. The number of halogens is 1. The Bertz CT molecular complexity index is 630. The standard InChI is InChI=1S/C15H15FN4/c16-14-5-1-6-15(13(14)10-17)20-9-2-4-12(20)11-19-8-3-7-18-19/h1,3,5-8,12H,2,4,9,11H2/t12-/m1/s1. The summed E-state index contributed by atoms with van der Waals surface area (Å²) in [6.45, 7) is 1.61. The Labute approximate surface area is 117 Å². The van der Waals surface area contributed by atoms with E-state index in [4.69, 9.17) is 5.26 Å². The van der Waals surface area contributed by atoms with Gasteiger partial charge in [-0.3, -0.25) is 4.68 Å². The van der Waals surface area contributed by atoms with Crippen LogP contribution in [0.4, 0.5) is 10.1 Å². The average Bonchev–Trinajstić information content (AvgIpc) is 3.10. The first-order chi connectivity index (χ1) is 9.79. The molecule has 5 heteroatoms. The first kappa shape index (κ1) is 12.7. The molecule has 0 unspecified atom stereocenters. The topological polar surface area (TPSA) is 44.9 Å². The number of anilines is 1. The SMILES string of the molecule is N#Cc1c(F)cccc1N1CCC[C@@H]1Cn1cccn1. The minimum Gasteiger partial charge on any atom is -0.366 e. The van der Waals surface area contributed by atoms with Gasteiger partial charge in [-0.2, -0.15) is 10.4 Å². The summed E-state index contributed by atoms with van der Waals surface area (Å²) in [4.78, 5) is 2.13. The van der Waals surface area contributed by atoms with Crippen LogP contribution in [0, 0.1) is 17.1 Å². The van der Waals surface area contributed by atoms with Gasteiger partial charge in [0.2, 0.25) is 0 Å². The van der Waals surface area contributed by atoms with E-state index >= 15 is 0 Å². The molecular formula is C15H15FN4. The maximum absolute atomic E-state index is 13.7. The third-order valence-electron chi connectivity index (χ3n) is 3.75. The van der Waals surface area contributed by atoms with E-state index in [1.165, 1.54) is 6.07 Å². The van der Waals surface area contributed by atoms with E-state index in [2.05, 4.69) is 10.00 Å². The smallest absolute Gasteiger partial charge is 0.143 e. The van der Waals surface area contributed by atoms with Crippen molar-refractivity contribution in [3.05, 3.63) is 48.0 Å². The van der Waals surface area contributed by atoms with Crippen LogP contribution in [-0.4, -0.2) is 22.4 Å². The molecule has 102 valence electrons. The third kappa shape index (κ3) is 2.25. The summed E-state index contributed by atoms with van der Waals surface area (Å²) in [5.41, 5.74) is 0.835. The van der Waals surface area contributed by atoms with E-state index in [9.17, 15) is 4.39 Å². The van der Waals surface area contributed by atoms with Crippen molar-refractivity contribution in [1.29, 1.82) is 5.26 Å². The molecular weight excluding hydrogens is 255 g/mol. The Kier molecular flexibility index (Phi) is 3.38. The number of nitriles is 1. The highest BCUT2D eigenvalue weighted by atomic mass is 19.1. The van der Waals surface area contributed by atoms with Gasteiger partial charge in [-0.1, -0.05) is 6.07 Å². The molecule has 0 spiro atoms. The summed E-state index contributed by atoms with van der Waals surface area (Å²) < 4.78 is 15.6. The average molecular weight is 270 g/mol. The van der Waals surface area contributed by atoms with Crippen LogP contribution < -0.4 is 4.90 Å². The van der Waals surface area contributed by atoms with Crippen LogP contribution in [0.3, 0.4) is 0 Å². The summed E-state index contributed by atoms with van der Waals surface area (Å²) >= 11 is 0. The van der Waals surface area contributed by atoms with Crippen molar-refractivity contribution in [2.24, 2.45) is 0 Å². The lowest BCUT2D eigenvalue weighted by molar-refractivity contribution is 0.508. The Morgan fingerprint density at radius 3 is 3.05 bits per heavy atom. The molecule has 1 aliphatic heterocycles. The first-order valence-electron chi connectivity index (χ1n) is 6.72. The van der Waals surface area contributed by atoms with Crippen molar-refractivity contribution < 1.29 is 4.39 Å². The summed E-state index contributed by atoms with van der Waals surface area (Å²) in [5, 5.41) is 13.4. The molecule has 3 rings (SSSR count). The molecule has 0 N–H and O–H groups in total. The number of nitrogens with zero attached hydrogens (tertiary/aromatic N) is 4. The Morgan fingerprint density at radius 1 is 1.40 bits per heavy atom. The Hall–Kier alpha value is -2.35. The minimum absolute atomic E-state index is 0.139. The fraction of sp³-hybridized carbons (Fsp3) is 0.333. The molecule has 2 aromatic rings. The molecule has 0 bridgehead atoms. The number of hydrogen-bond acceptors (Lipinski definition) is 3. The summed E-state index contributed by atoms with van der Waals surface area (Å²) in [6.07, 6.45) is 5.75. The van der Waals surface area contributed by atoms with Crippen LogP contribution in [0.1, 0.15) is 18.4 Å². The highest BCUT2D eigenvalue weighted by Gasteiger charge is 2.27. The first-order valence-corrected chi connectivity index (χ1v) is 6.72. The molecule has 0 saturated carbocycles. The predicted molar refractivity (Wildman–Crippen MR) is 73.7 cm³/mol. The van der Waals surface area contributed by atoms with Crippen molar-refractivity contribution in [3.8, 4) is 6.07 Å². The van der Waals surface area contributed by atoms with Gasteiger partial charge in [-0.15, -0.1) is 0 Å². The van der Waals surface area contributed by atoms with Gasteiger partial charge >= 0.3 is 0 Å². The van der Waals surface area contributed by atoms with Gasteiger partial charge in [0.1, 0.15) is 17.4 Å². The summed E-state index contributed by atoms with van der Waals surface area (Å²) in [7, 11) is 0. The van der Waals surface area contributed by atoms with E-state index < -0.39 is 5.82 Å². The quantitative estimate of drug-likeness (QED) is 0.861. The van der Waals surface area contributed by atoms with E-state index in [0.29, 0.717) is 5.69 Å². The van der Waals surface area contributed by atoms with Gasteiger partial charge in [0.05, 0.1) is 12.2 Å². The van der Waals surface area contributed by atoms with E-state index in [-0.39, 0.29) is 11.6 Å². The molecule has 0 aliphatic carbocycles. The molecule has 4 nitrogen and oxygen atoms in total. The van der Waals surface area contributed by atoms with Crippen LogP contribution in [0.2, 0.25) is 0 Å². The summed E-state index contributed by atoms with van der Waals surface area (Å²) in [5.74, 6) is -0.449. The zero-order valence-corrected chi connectivity index (χ0v) is 11.0.